The molecule has 0 bridgehead atoms. The molecule has 2 unspecified atom stereocenters. The third-order valence-corrected chi connectivity index (χ3v) is 5.00. The average Bonchev–Trinajstić information content (AvgIpc) is 2.92. The maximum absolute atomic E-state index is 12.2. The Morgan fingerprint density at radius 3 is 2.55 bits per heavy atom. The van der Waals surface area contributed by atoms with Crippen molar-refractivity contribution in [1.82, 2.24) is 4.72 Å². The Morgan fingerprint density at radius 2 is 2.05 bits per heavy atom. The number of carboxylic acids is 1. The highest BCUT2D eigenvalue weighted by molar-refractivity contribution is 7.89. The van der Waals surface area contributed by atoms with Gasteiger partial charge < -0.3 is 9.84 Å². The number of carbonyl (C=O) groups is 1. The molecule has 0 saturated carbocycles. The molecule has 0 aliphatic carbocycles. The van der Waals surface area contributed by atoms with E-state index in [2.05, 4.69) is 4.72 Å². The van der Waals surface area contributed by atoms with E-state index in [-0.39, 0.29) is 22.4 Å². The highest BCUT2D eigenvalue weighted by Crippen LogP contribution is 2.19. The number of aromatic carboxylic acids is 1. The van der Waals surface area contributed by atoms with Gasteiger partial charge in [-0.05, 0) is 37.6 Å². The molecule has 110 valence electrons. The molecule has 0 amide bonds. The fraction of sp³-hybridized carbons (Fsp3) is 0.462. The Hall–Kier alpha value is -1.44. The van der Waals surface area contributed by atoms with Gasteiger partial charge in [0, 0.05) is 18.6 Å². The molecule has 0 spiro atoms. The summed E-state index contributed by atoms with van der Waals surface area (Å²) in [6.07, 6.45) is 0.835. The Kier molecular flexibility index (Phi) is 4.42. The van der Waals surface area contributed by atoms with Gasteiger partial charge in [0.1, 0.15) is 0 Å². The van der Waals surface area contributed by atoms with Gasteiger partial charge in [-0.25, -0.2) is 17.9 Å². The first kappa shape index (κ1) is 15.0. The number of sulfonamides is 1. The predicted octanol–water partition coefficient (Wildman–Crippen LogP) is 1.09. The van der Waals surface area contributed by atoms with Gasteiger partial charge in [-0.2, -0.15) is 0 Å². The van der Waals surface area contributed by atoms with Crippen LogP contribution in [0, 0.1) is 5.92 Å². The Balaban J connectivity index is 2.11. The van der Waals surface area contributed by atoms with Crippen LogP contribution < -0.4 is 4.72 Å². The van der Waals surface area contributed by atoms with Crippen molar-refractivity contribution in [2.24, 2.45) is 5.92 Å². The predicted molar refractivity (Wildman–Crippen MR) is 72.1 cm³/mol. The summed E-state index contributed by atoms with van der Waals surface area (Å²) < 4.78 is 32.2. The molecule has 2 atom stereocenters. The van der Waals surface area contributed by atoms with Crippen molar-refractivity contribution < 1.29 is 23.1 Å². The van der Waals surface area contributed by atoms with Gasteiger partial charge in [0.05, 0.1) is 17.1 Å². The zero-order valence-electron chi connectivity index (χ0n) is 11.1. The molecule has 1 aliphatic rings. The molecule has 2 rings (SSSR count). The van der Waals surface area contributed by atoms with E-state index in [1.54, 1.807) is 0 Å². The molecular formula is C13H17NO5S. The maximum atomic E-state index is 12.2. The Labute approximate surface area is 117 Å². The summed E-state index contributed by atoms with van der Waals surface area (Å²) in [5.74, 6) is -0.915. The number of benzene rings is 1. The molecule has 1 aliphatic heterocycles. The molecule has 1 fully saturated rings. The van der Waals surface area contributed by atoms with Gasteiger partial charge in [-0.15, -0.1) is 0 Å². The monoisotopic (exact) mass is 299 g/mol. The molecular weight excluding hydrogens is 282 g/mol. The van der Waals surface area contributed by atoms with E-state index in [0.29, 0.717) is 13.2 Å². The van der Waals surface area contributed by atoms with Crippen LogP contribution in [0.3, 0.4) is 0 Å². The normalized spacial score (nSPS) is 20.8. The molecule has 7 heteroatoms. The van der Waals surface area contributed by atoms with Crippen molar-refractivity contribution in [3.8, 4) is 0 Å². The third-order valence-electron chi connectivity index (χ3n) is 3.42. The van der Waals surface area contributed by atoms with Crippen LogP contribution in [0.15, 0.2) is 29.2 Å². The van der Waals surface area contributed by atoms with Crippen LogP contribution in [0.25, 0.3) is 0 Å². The first-order valence-electron chi connectivity index (χ1n) is 6.33. The largest absolute Gasteiger partial charge is 0.478 e. The van der Waals surface area contributed by atoms with Crippen LogP contribution in [-0.2, 0) is 14.8 Å². The van der Waals surface area contributed by atoms with Gasteiger partial charge >= 0.3 is 5.97 Å². The first-order valence-corrected chi connectivity index (χ1v) is 7.82. The molecule has 1 aromatic carbocycles. The fourth-order valence-electron chi connectivity index (χ4n) is 2.13. The number of rotatable bonds is 5. The van der Waals surface area contributed by atoms with Gasteiger partial charge in [0.15, 0.2) is 0 Å². The number of nitrogens with one attached hydrogen (secondary N) is 1. The molecule has 0 radical (unpaired) electrons. The zero-order valence-corrected chi connectivity index (χ0v) is 11.9. The van der Waals surface area contributed by atoms with E-state index in [9.17, 15) is 13.2 Å². The third kappa shape index (κ3) is 3.36. The number of carboxylic acid groups (broad SMARTS) is 1. The standard InChI is InChI=1S/C13H17NO5S/c1-9(11-6-7-19-8-11)14-20(17,18)12-4-2-10(3-5-12)13(15)16/h2-5,9,11,14H,6-8H2,1H3,(H,15,16). The van der Waals surface area contributed by atoms with Crippen LogP contribution >= 0.6 is 0 Å². The van der Waals surface area contributed by atoms with Crippen molar-refractivity contribution in [2.45, 2.75) is 24.3 Å². The second-order valence-electron chi connectivity index (χ2n) is 4.86. The molecule has 1 heterocycles. The molecule has 6 nitrogen and oxygen atoms in total. The summed E-state index contributed by atoms with van der Waals surface area (Å²) >= 11 is 0. The van der Waals surface area contributed by atoms with Crippen LogP contribution in [0.2, 0.25) is 0 Å². The molecule has 20 heavy (non-hydrogen) atoms. The van der Waals surface area contributed by atoms with Crippen molar-refractivity contribution >= 4 is 16.0 Å². The van der Waals surface area contributed by atoms with Crippen molar-refractivity contribution in [1.29, 1.82) is 0 Å². The van der Waals surface area contributed by atoms with Gasteiger partial charge in [0.2, 0.25) is 10.0 Å². The van der Waals surface area contributed by atoms with Crippen LogP contribution in [-0.4, -0.2) is 38.7 Å². The molecule has 2 N–H and O–H groups in total. The Morgan fingerprint density at radius 1 is 1.40 bits per heavy atom. The average molecular weight is 299 g/mol. The van der Waals surface area contributed by atoms with E-state index in [1.807, 2.05) is 6.92 Å². The molecule has 0 aromatic heterocycles. The lowest BCUT2D eigenvalue weighted by Crippen LogP contribution is -2.38. The van der Waals surface area contributed by atoms with E-state index in [0.717, 1.165) is 6.42 Å². The summed E-state index contributed by atoms with van der Waals surface area (Å²) in [6.45, 7) is 3.02. The highest BCUT2D eigenvalue weighted by Gasteiger charge is 2.26. The van der Waals surface area contributed by atoms with Crippen molar-refractivity contribution in [3.05, 3.63) is 29.8 Å². The Bertz CT molecular complexity index is 575. The van der Waals surface area contributed by atoms with Crippen LogP contribution in [0.1, 0.15) is 23.7 Å². The highest BCUT2D eigenvalue weighted by atomic mass is 32.2. The van der Waals surface area contributed by atoms with E-state index in [1.165, 1.54) is 24.3 Å². The number of hydrogen-bond acceptors (Lipinski definition) is 4. The summed E-state index contributed by atoms with van der Waals surface area (Å²) in [7, 11) is -3.64. The quantitative estimate of drug-likeness (QED) is 0.849. The van der Waals surface area contributed by atoms with Crippen molar-refractivity contribution in [2.75, 3.05) is 13.2 Å². The van der Waals surface area contributed by atoms with Gasteiger partial charge in [-0.1, -0.05) is 0 Å². The second-order valence-corrected chi connectivity index (χ2v) is 6.58. The fourth-order valence-corrected chi connectivity index (χ4v) is 3.45. The van der Waals surface area contributed by atoms with E-state index >= 15 is 0 Å². The van der Waals surface area contributed by atoms with E-state index in [4.69, 9.17) is 9.84 Å². The zero-order chi connectivity index (χ0) is 14.8. The lowest BCUT2D eigenvalue weighted by atomic mass is 10.0. The SMILES string of the molecule is CC(NS(=O)(=O)c1ccc(C(=O)O)cc1)C1CCOC1. The minimum atomic E-state index is -3.64. The topological polar surface area (TPSA) is 92.7 Å². The maximum Gasteiger partial charge on any atom is 0.335 e. The summed E-state index contributed by atoms with van der Waals surface area (Å²) in [4.78, 5) is 10.8. The summed E-state index contributed by atoms with van der Waals surface area (Å²) in [5, 5.41) is 8.79. The van der Waals surface area contributed by atoms with Gasteiger partial charge in [-0.3, -0.25) is 0 Å². The van der Waals surface area contributed by atoms with E-state index < -0.39 is 16.0 Å². The summed E-state index contributed by atoms with van der Waals surface area (Å²) in [6, 6.07) is 4.93. The molecule has 1 aromatic rings. The van der Waals surface area contributed by atoms with Crippen LogP contribution in [0.4, 0.5) is 0 Å². The minimum absolute atomic E-state index is 0.0567. The first-order chi connectivity index (χ1) is 9.40. The smallest absolute Gasteiger partial charge is 0.335 e. The van der Waals surface area contributed by atoms with Crippen molar-refractivity contribution in [3.63, 3.8) is 0 Å². The second kappa shape index (κ2) is 5.90. The van der Waals surface area contributed by atoms with Gasteiger partial charge in [0.25, 0.3) is 0 Å². The minimum Gasteiger partial charge on any atom is -0.478 e. The number of hydrogen-bond donors (Lipinski definition) is 2. The number of ether oxygens (including phenoxy) is 1. The lowest BCUT2D eigenvalue weighted by molar-refractivity contribution is 0.0696. The molecule has 1 saturated heterocycles. The lowest BCUT2D eigenvalue weighted by Gasteiger charge is -2.19. The van der Waals surface area contributed by atoms with Crippen LogP contribution in [0.5, 0.6) is 0 Å². The summed E-state index contributed by atoms with van der Waals surface area (Å²) in [5.41, 5.74) is 0.0567.